The summed E-state index contributed by atoms with van der Waals surface area (Å²) >= 11 is 0. The largest absolute Gasteiger partial charge is 0.367 e. The van der Waals surface area contributed by atoms with Gasteiger partial charge in [0.25, 0.3) is 0 Å². The quantitative estimate of drug-likeness (QED) is 0.679. The maximum atomic E-state index is 11.6. The van der Waals surface area contributed by atoms with Crippen LogP contribution in [0.5, 0.6) is 0 Å². The fourth-order valence-corrected chi connectivity index (χ4v) is 1.23. The zero-order valence-electron chi connectivity index (χ0n) is 9.46. The highest BCUT2D eigenvalue weighted by Crippen LogP contribution is 2.16. The SMILES string of the molecule is CC1CN(OC(=O)C(C)(C)C)CCN1. The number of carbonyl (C=O) groups is 1. The summed E-state index contributed by atoms with van der Waals surface area (Å²) in [4.78, 5) is 16.8. The van der Waals surface area contributed by atoms with Crippen LogP contribution in [-0.4, -0.2) is 36.7 Å². The standard InChI is InChI=1S/C10H20N2O2/c1-8-7-12(6-5-11-8)14-9(13)10(2,3)4/h8,11H,5-7H2,1-4H3. The minimum atomic E-state index is -0.423. The van der Waals surface area contributed by atoms with Crippen LogP contribution in [0.15, 0.2) is 0 Å². The molecule has 0 aliphatic carbocycles. The van der Waals surface area contributed by atoms with Gasteiger partial charge in [-0.15, -0.1) is 5.06 Å². The van der Waals surface area contributed by atoms with Gasteiger partial charge in [0, 0.05) is 19.1 Å². The van der Waals surface area contributed by atoms with E-state index in [0.29, 0.717) is 6.04 Å². The maximum absolute atomic E-state index is 11.6. The van der Waals surface area contributed by atoms with Crippen molar-refractivity contribution in [2.45, 2.75) is 33.7 Å². The molecule has 1 unspecified atom stereocenters. The predicted molar refractivity (Wildman–Crippen MR) is 54.6 cm³/mol. The molecule has 1 atom stereocenters. The summed E-state index contributed by atoms with van der Waals surface area (Å²) < 4.78 is 0. The number of hydrogen-bond donors (Lipinski definition) is 1. The van der Waals surface area contributed by atoms with Gasteiger partial charge in [-0.1, -0.05) is 0 Å². The summed E-state index contributed by atoms with van der Waals surface area (Å²) in [6.07, 6.45) is 0. The van der Waals surface area contributed by atoms with E-state index in [1.54, 1.807) is 5.06 Å². The van der Waals surface area contributed by atoms with Crippen molar-refractivity contribution >= 4 is 5.97 Å². The molecule has 1 aliphatic rings. The number of hydroxylamine groups is 2. The zero-order valence-corrected chi connectivity index (χ0v) is 9.46. The van der Waals surface area contributed by atoms with E-state index in [2.05, 4.69) is 12.2 Å². The molecular weight excluding hydrogens is 180 g/mol. The Hall–Kier alpha value is -0.610. The lowest BCUT2D eigenvalue weighted by Crippen LogP contribution is -2.50. The zero-order chi connectivity index (χ0) is 10.8. The van der Waals surface area contributed by atoms with E-state index in [9.17, 15) is 4.79 Å². The molecule has 0 amide bonds. The lowest BCUT2D eigenvalue weighted by molar-refractivity contribution is -0.204. The van der Waals surface area contributed by atoms with Gasteiger partial charge in [0.2, 0.25) is 0 Å². The van der Waals surface area contributed by atoms with Crippen molar-refractivity contribution in [3.63, 3.8) is 0 Å². The maximum Gasteiger partial charge on any atom is 0.330 e. The highest BCUT2D eigenvalue weighted by atomic mass is 16.7. The van der Waals surface area contributed by atoms with Gasteiger partial charge < -0.3 is 10.2 Å². The van der Waals surface area contributed by atoms with Crippen LogP contribution in [0.4, 0.5) is 0 Å². The minimum Gasteiger partial charge on any atom is -0.367 e. The number of nitrogens with one attached hydrogen (secondary N) is 1. The first-order chi connectivity index (χ1) is 6.39. The van der Waals surface area contributed by atoms with Crippen molar-refractivity contribution in [2.24, 2.45) is 5.41 Å². The lowest BCUT2D eigenvalue weighted by atomic mass is 9.98. The van der Waals surface area contributed by atoms with Crippen LogP contribution in [0.2, 0.25) is 0 Å². The lowest BCUT2D eigenvalue weighted by Gasteiger charge is -2.31. The summed E-state index contributed by atoms with van der Waals surface area (Å²) in [6.45, 7) is 10.1. The monoisotopic (exact) mass is 200 g/mol. The number of hydrogen-bond acceptors (Lipinski definition) is 4. The Kier molecular flexibility index (Phi) is 3.50. The van der Waals surface area contributed by atoms with E-state index >= 15 is 0 Å². The van der Waals surface area contributed by atoms with Crippen LogP contribution < -0.4 is 5.32 Å². The minimum absolute atomic E-state index is 0.161. The molecule has 4 heteroatoms. The Morgan fingerprint density at radius 2 is 2.14 bits per heavy atom. The molecule has 1 rings (SSSR count). The summed E-state index contributed by atoms with van der Waals surface area (Å²) in [6, 6.07) is 0.386. The molecular formula is C10H20N2O2. The van der Waals surface area contributed by atoms with Crippen molar-refractivity contribution in [1.29, 1.82) is 0 Å². The van der Waals surface area contributed by atoms with Crippen LogP contribution in [0.1, 0.15) is 27.7 Å². The fraction of sp³-hybridized carbons (Fsp3) is 0.900. The first-order valence-corrected chi connectivity index (χ1v) is 5.10. The third-order valence-corrected chi connectivity index (χ3v) is 2.16. The van der Waals surface area contributed by atoms with Gasteiger partial charge >= 0.3 is 5.97 Å². The number of nitrogens with zero attached hydrogens (tertiary/aromatic N) is 1. The molecule has 1 N–H and O–H groups in total. The van der Waals surface area contributed by atoms with Gasteiger partial charge in [0.15, 0.2) is 0 Å². The number of rotatable bonds is 1. The van der Waals surface area contributed by atoms with Crippen LogP contribution in [-0.2, 0) is 9.63 Å². The van der Waals surface area contributed by atoms with Gasteiger partial charge in [-0.05, 0) is 27.7 Å². The Balaban J connectivity index is 2.40. The molecule has 0 aromatic rings. The van der Waals surface area contributed by atoms with E-state index in [0.717, 1.165) is 19.6 Å². The van der Waals surface area contributed by atoms with Crippen LogP contribution in [0, 0.1) is 5.41 Å². The molecule has 0 spiro atoms. The van der Waals surface area contributed by atoms with Crippen molar-refractivity contribution in [3.05, 3.63) is 0 Å². The molecule has 0 radical (unpaired) electrons. The topological polar surface area (TPSA) is 41.6 Å². The van der Waals surface area contributed by atoms with Gasteiger partial charge in [-0.3, -0.25) is 0 Å². The second-order valence-corrected chi connectivity index (χ2v) is 4.87. The van der Waals surface area contributed by atoms with Gasteiger partial charge in [-0.25, -0.2) is 4.79 Å². The highest BCUT2D eigenvalue weighted by Gasteiger charge is 2.27. The first-order valence-electron chi connectivity index (χ1n) is 5.10. The van der Waals surface area contributed by atoms with Crippen LogP contribution in [0.3, 0.4) is 0 Å². The molecule has 0 saturated carbocycles. The van der Waals surface area contributed by atoms with Gasteiger partial charge in [-0.2, -0.15) is 0 Å². The Bertz CT molecular complexity index is 211. The van der Waals surface area contributed by atoms with E-state index in [-0.39, 0.29) is 5.97 Å². The van der Waals surface area contributed by atoms with Crippen LogP contribution in [0.25, 0.3) is 0 Å². The molecule has 0 aromatic carbocycles. The normalized spacial score (nSPS) is 24.7. The van der Waals surface area contributed by atoms with Crippen molar-refractivity contribution in [3.8, 4) is 0 Å². The van der Waals surface area contributed by atoms with Gasteiger partial charge in [0.05, 0.1) is 12.0 Å². The Morgan fingerprint density at radius 3 is 2.64 bits per heavy atom. The molecule has 1 heterocycles. The van der Waals surface area contributed by atoms with E-state index in [4.69, 9.17) is 4.84 Å². The second-order valence-electron chi connectivity index (χ2n) is 4.87. The third-order valence-electron chi connectivity index (χ3n) is 2.16. The average molecular weight is 200 g/mol. The Labute approximate surface area is 85.6 Å². The second kappa shape index (κ2) is 4.28. The molecule has 82 valence electrons. The third kappa shape index (κ3) is 3.27. The molecule has 0 bridgehead atoms. The summed E-state index contributed by atoms with van der Waals surface area (Å²) in [5.74, 6) is -0.161. The summed E-state index contributed by atoms with van der Waals surface area (Å²) in [7, 11) is 0. The number of carbonyl (C=O) groups excluding carboxylic acids is 1. The first kappa shape index (κ1) is 11.5. The van der Waals surface area contributed by atoms with E-state index in [1.165, 1.54) is 0 Å². The van der Waals surface area contributed by atoms with Crippen molar-refractivity contribution in [1.82, 2.24) is 10.4 Å². The molecule has 4 nitrogen and oxygen atoms in total. The molecule has 1 saturated heterocycles. The number of piperazine rings is 1. The van der Waals surface area contributed by atoms with Crippen LogP contribution >= 0.6 is 0 Å². The smallest absolute Gasteiger partial charge is 0.330 e. The molecule has 0 aromatic heterocycles. The molecule has 1 aliphatic heterocycles. The molecule has 14 heavy (non-hydrogen) atoms. The van der Waals surface area contributed by atoms with E-state index < -0.39 is 5.41 Å². The summed E-state index contributed by atoms with van der Waals surface area (Å²) in [5.41, 5.74) is -0.423. The average Bonchev–Trinajstić information content (AvgIpc) is 2.02. The predicted octanol–water partition coefficient (Wildman–Crippen LogP) is 0.784. The highest BCUT2D eigenvalue weighted by molar-refractivity contribution is 5.75. The van der Waals surface area contributed by atoms with Crippen molar-refractivity contribution in [2.75, 3.05) is 19.6 Å². The van der Waals surface area contributed by atoms with Crippen molar-refractivity contribution < 1.29 is 9.63 Å². The fourth-order valence-electron chi connectivity index (χ4n) is 1.23. The molecule has 1 fully saturated rings. The van der Waals surface area contributed by atoms with E-state index in [1.807, 2.05) is 20.8 Å². The van der Waals surface area contributed by atoms with Gasteiger partial charge in [0.1, 0.15) is 0 Å². The summed E-state index contributed by atoms with van der Waals surface area (Å²) in [5, 5.41) is 5.04. The Morgan fingerprint density at radius 1 is 1.50 bits per heavy atom.